The molecule has 0 saturated heterocycles. The zero-order valence-electron chi connectivity index (χ0n) is 9.96. The number of benzene rings is 1. The number of hydrogen-bond donors (Lipinski definition) is 1. The van der Waals surface area contributed by atoms with Crippen LogP contribution in [0.4, 0.5) is 5.69 Å². The predicted molar refractivity (Wildman–Crippen MR) is 69.4 cm³/mol. The zero-order chi connectivity index (χ0) is 13.9. The van der Waals surface area contributed by atoms with E-state index in [9.17, 15) is 14.9 Å². The van der Waals surface area contributed by atoms with Crippen molar-refractivity contribution in [3.8, 4) is 0 Å². The summed E-state index contributed by atoms with van der Waals surface area (Å²) >= 11 is 3.10. The highest BCUT2D eigenvalue weighted by Gasteiger charge is 2.18. The molecule has 7 heteroatoms. The summed E-state index contributed by atoms with van der Waals surface area (Å²) in [6.07, 6.45) is 0. The fourth-order valence-electron chi connectivity index (χ4n) is 1.41. The smallest absolute Gasteiger partial charge is 0.320 e. The van der Waals surface area contributed by atoms with Gasteiger partial charge in [-0.05, 0) is 41.5 Å². The quantitative estimate of drug-likeness (QED) is 0.665. The van der Waals surface area contributed by atoms with E-state index in [1.54, 1.807) is 31.0 Å². The number of hydrogen-bond acceptors (Lipinski definition) is 4. The number of nitrogens with zero attached hydrogens (tertiary/aromatic N) is 2. The van der Waals surface area contributed by atoms with Crippen LogP contribution in [0, 0.1) is 10.1 Å². The number of carboxylic acid groups (broad SMARTS) is 1. The van der Waals surface area contributed by atoms with Gasteiger partial charge in [0.2, 0.25) is 0 Å². The largest absolute Gasteiger partial charge is 0.480 e. The van der Waals surface area contributed by atoms with Crippen molar-refractivity contribution in [2.24, 2.45) is 0 Å². The van der Waals surface area contributed by atoms with Crippen molar-refractivity contribution in [3.63, 3.8) is 0 Å². The van der Waals surface area contributed by atoms with Crippen LogP contribution >= 0.6 is 15.9 Å². The highest BCUT2D eigenvalue weighted by molar-refractivity contribution is 9.10. The zero-order valence-corrected chi connectivity index (χ0v) is 11.5. The van der Waals surface area contributed by atoms with E-state index in [4.69, 9.17) is 5.11 Å². The maximum absolute atomic E-state index is 10.8. The molecule has 1 N–H and O–H groups in total. The van der Waals surface area contributed by atoms with Gasteiger partial charge >= 0.3 is 5.97 Å². The number of nitro groups is 1. The van der Waals surface area contributed by atoms with E-state index in [1.807, 2.05) is 0 Å². The Morgan fingerprint density at radius 1 is 1.61 bits per heavy atom. The third-order valence-corrected chi connectivity index (χ3v) is 3.33. The number of rotatable bonds is 5. The van der Waals surface area contributed by atoms with Crippen LogP contribution in [0.1, 0.15) is 12.5 Å². The Kier molecular flexibility index (Phi) is 4.80. The average molecular weight is 317 g/mol. The van der Waals surface area contributed by atoms with Gasteiger partial charge in [-0.25, -0.2) is 0 Å². The molecule has 1 rings (SSSR count). The van der Waals surface area contributed by atoms with Crippen LogP contribution in [-0.4, -0.2) is 34.0 Å². The summed E-state index contributed by atoms with van der Waals surface area (Å²) in [5.41, 5.74) is 0.671. The lowest BCUT2D eigenvalue weighted by Gasteiger charge is -2.20. The molecule has 0 fully saturated rings. The minimum absolute atomic E-state index is 0.0242. The number of likely N-dealkylation sites (N-methyl/N-ethyl adjacent to an activating group) is 1. The summed E-state index contributed by atoms with van der Waals surface area (Å²) in [7, 11) is 1.66. The molecule has 0 spiro atoms. The standard InChI is InChI=1S/C11H13BrN2O4/c1-7(11(15)16)13(2)6-8-3-4-9(12)10(5-8)14(17)18/h3-5,7H,6H2,1-2H3,(H,15,16). The Hall–Kier alpha value is -1.47. The Balaban J connectivity index is 2.89. The molecule has 98 valence electrons. The normalized spacial score (nSPS) is 12.4. The fraction of sp³-hybridized carbons (Fsp3) is 0.364. The highest BCUT2D eigenvalue weighted by Crippen LogP contribution is 2.26. The Labute approximate surface area is 112 Å². The van der Waals surface area contributed by atoms with Gasteiger partial charge in [0.25, 0.3) is 5.69 Å². The molecule has 0 amide bonds. The van der Waals surface area contributed by atoms with Crippen LogP contribution in [-0.2, 0) is 11.3 Å². The van der Waals surface area contributed by atoms with Crippen LogP contribution < -0.4 is 0 Å². The van der Waals surface area contributed by atoms with Crippen molar-refractivity contribution in [1.82, 2.24) is 4.90 Å². The van der Waals surface area contributed by atoms with E-state index in [-0.39, 0.29) is 5.69 Å². The van der Waals surface area contributed by atoms with E-state index in [1.165, 1.54) is 6.07 Å². The number of carbonyl (C=O) groups is 1. The maximum Gasteiger partial charge on any atom is 0.320 e. The minimum Gasteiger partial charge on any atom is -0.480 e. The SMILES string of the molecule is CC(C(=O)O)N(C)Cc1ccc(Br)c([N+](=O)[O-])c1. The monoisotopic (exact) mass is 316 g/mol. The van der Waals surface area contributed by atoms with Crippen molar-refractivity contribution in [2.75, 3.05) is 7.05 Å². The molecule has 0 aliphatic heterocycles. The van der Waals surface area contributed by atoms with Crippen molar-refractivity contribution in [3.05, 3.63) is 38.3 Å². The third-order valence-electron chi connectivity index (χ3n) is 2.66. The molecule has 0 aliphatic carbocycles. The molecule has 0 aliphatic rings. The summed E-state index contributed by atoms with van der Waals surface area (Å²) in [4.78, 5) is 22.7. The third kappa shape index (κ3) is 3.51. The second kappa shape index (κ2) is 5.92. The molecule has 1 atom stereocenters. The molecule has 1 unspecified atom stereocenters. The summed E-state index contributed by atoms with van der Waals surface area (Å²) in [6.45, 7) is 1.90. The van der Waals surface area contributed by atoms with Crippen LogP contribution in [0.2, 0.25) is 0 Å². The Morgan fingerprint density at radius 3 is 2.72 bits per heavy atom. The molecule has 18 heavy (non-hydrogen) atoms. The van der Waals surface area contributed by atoms with E-state index >= 15 is 0 Å². The molecule has 6 nitrogen and oxygen atoms in total. The second-order valence-electron chi connectivity index (χ2n) is 3.97. The van der Waals surface area contributed by atoms with Gasteiger partial charge in [0.1, 0.15) is 6.04 Å². The number of nitro benzene ring substituents is 1. The number of carboxylic acids is 1. The molecule has 0 heterocycles. The molecular formula is C11H13BrN2O4. The summed E-state index contributed by atoms with van der Waals surface area (Å²) in [5, 5.41) is 19.6. The van der Waals surface area contributed by atoms with Crippen molar-refractivity contribution in [1.29, 1.82) is 0 Å². The maximum atomic E-state index is 10.8. The topological polar surface area (TPSA) is 83.7 Å². The van der Waals surface area contributed by atoms with Crippen LogP contribution in [0.15, 0.2) is 22.7 Å². The van der Waals surface area contributed by atoms with Gasteiger partial charge in [-0.3, -0.25) is 19.8 Å². The van der Waals surface area contributed by atoms with Gasteiger partial charge in [-0.2, -0.15) is 0 Å². The fourth-order valence-corrected chi connectivity index (χ4v) is 1.80. The van der Waals surface area contributed by atoms with E-state index < -0.39 is 16.9 Å². The molecule has 1 aromatic carbocycles. The Morgan fingerprint density at radius 2 is 2.22 bits per heavy atom. The Bertz CT molecular complexity index is 478. The van der Waals surface area contributed by atoms with Gasteiger partial charge < -0.3 is 5.11 Å². The van der Waals surface area contributed by atoms with Crippen LogP contribution in [0.5, 0.6) is 0 Å². The van der Waals surface area contributed by atoms with Crippen LogP contribution in [0.3, 0.4) is 0 Å². The lowest BCUT2D eigenvalue weighted by atomic mass is 10.1. The second-order valence-corrected chi connectivity index (χ2v) is 4.83. The van der Waals surface area contributed by atoms with Crippen molar-refractivity contribution < 1.29 is 14.8 Å². The molecule has 0 bridgehead atoms. The summed E-state index contributed by atoms with van der Waals surface area (Å²) < 4.78 is 0.408. The lowest BCUT2D eigenvalue weighted by molar-refractivity contribution is -0.385. The summed E-state index contributed by atoms with van der Waals surface area (Å²) in [5.74, 6) is -0.927. The van der Waals surface area contributed by atoms with Gasteiger partial charge in [-0.1, -0.05) is 6.07 Å². The minimum atomic E-state index is -0.927. The van der Waals surface area contributed by atoms with Crippen molar-refractivity contribution in [2.45, 2.75) is 19.5 Å². The first-order valence-electron chi connectivity index (χ1n) is 5.18. The van der Waals surface area contributed by atoms with Gasteiger partial charge in [-0.15, -0.1) is 0 Å². The van der Waals surface area contributed by atoms with E-state index in [0.29, 0.717) is 16.6 Å². The highest BCUT2D eigenvalue weighted by atomic mass is 79.9. The first kappa shape index (κ1) is 14.6. The molecular weight excluding hydrogens is 304 g/mol. The van der Waals surface area contributed by atoms with Gasteiger partial charge in [0, 0.05) is 12.6 Å². The number of aliphatic carboxylic acids is 1. The lowest BCUT2D eigenvalue weighted by Crippen LogP contribution is -2.35. The van der Waals surface area contributed by atoms with E-state index in [2.05, 4.69) is 15.9 Å². The van der Waals surface area contributed by atoms with Crippen LogP contribution in [0.25, 0.3) is 0 Å². The molecule has 0 aromatic heterocycles. The summed E-state index contributed by atoms with van der Waals surface area (Å²) in [6, 6.07) is 4.11. The van der Waals surface area contributed by atoms with Gasteiger partial charge in [0.15, 0.2) is 0 Å². The molecule has 0 radical (unpaired) electrons. The number of halogens is 1. The first-order chi connectivity index (χ1) is 8.32. The van der Waals surface area contributed by atoms with Gasteiger partial charge in [0.05, 0.1) is 9.40 Å². The predicted octanol–water partition coefficient (Wildman–Crippen LogP) is 2.26. The van der Waals surface area contributed by atoms with E-state index in [0.717, 1.165) is 0 Å². The molecule has 0 saturated carbocycles. The first-order valence-corrected chi connectivity index (χ1v) is 5.98. The van der Waals surface area contributed by atoms with Crippen molar-refractivity contribution >= 4 is 27.6 Å². The average Bonchev–Trinajstić information content (AvgIpc) is 2.29. The molecule has 1 aromatic rings.